The Morgan fingerprint density at radius 1 is 1.39 bits per heavy atom. The summed E-state index contributed by atoms with van der Waals surface area (Å²) in [4.78, 5) is 1.33. The maximum Gasteiger partial charge on any atom is 0.100 e. The highest BCUT2D eigenvalue weighted by Gasteiger charge is 2.24. The quantitative estimate of drug-likeness (QED) is 0.845. The van der Waals surface area contributed by atoms with E-state index in [9.17, 15) is 5.11 Å². The van der Waals surface area contributed by atoms with Gasteiger partial charge in [0.2, 0.25) is 0 Å². The van der Waals surface area contributed by atoms with Crippen LogP contribution in [0.1, 0.15) is 36.8 Å². The Kier molecular flexibility index (Phi) is 4.56. The van der Waals surface area contributed by atoms with Crippen LogP contribution >= 0.6 is 22.7 Å². The van der Waals surface area contributed by atoms with E-state index in [1.54, 1.807) is 22.7 Å². The van der Waals surface area contributed by atoms with Gasteiger partial charge in [-0.15, -0.1) is 11.3 Å². The molecule has 2 heterocycles. The highest BCUT2D eigenvalue weighted by atomic mass is 32.1. The average molecular weight is 281 g/mol. The van der Waals surface area contributed by atoms with Gasteiger partial charge < -0.3 is 10.4 Å². The van der Waals surface area contributed by atoms with Gasteiger partial charge in [0, 0.05) is 17.5 Å². The molecule has 0 aliphatic carbocycles. The van der Waals surface area contributed by atoms with Gasteiger partial charge in [-0.05, 0) is 47.2 Å². The van der Waals surface area contributed by atoms with Gasteiger partial charge in [-0.3, -0.25) is 0 Å². The second-order valence-corrected chi connectivity index (χ2v) is 6.40. The topological polar surface area (TPSA) is 32.3 Å². The fourth-order valence-corrected chi connectivity index (χ4v) is 3.60. The molecule has 2 unspecified atom stereocenters. The fraction of sp³-hybridized carbons (Fsp3) is 0.429. The largest absolute Gasteiger partial charge is 0.384 e. The van der Waals surface area contributed by atoms with Crippen molar-refractivity contribution in [3.8, 4) is 0 Å². The molecular formula is C14H19NOS2. The first-order valence-electron chi connectivity index (χ1n) is 6.15. The molecule has 0 saturated heterocycles. The monoisotopic (exact) mass is 281 g/mol. The molecule has 2 atom stereocenters. The number of hydrogen-bond donors (Lipinski definition) is 2. The summed E-state index contributed by atoms with van der Waals surface area (Å²) in [6.07, 6.45) is 1.03. The highest BCUT2D eigenvalue weighted by molar-refractivity contribution is 7.10. The van der Waals surface area contributed by atoms with Crippen LogP contribution in [0.3, 0.4) is 0 Å². The van der Waals surface area contributed by atoms with Crippen LogP contribution < -0.4 is 5.32 Å². The van der Waals surface area contributed by atoms with Gasteiger partial charge in [0.1, 0.15) is 5.60 Å². The Hall–Kier alpha value is -0.680. The lowest BCUT2D eigenvalue weighted by molar-refractivity contribution is 0.0541. The molecule has 2 rings (SSSR count). The van der Waals surface area contributed by atoms with Crippen LogP contribution in [0.4, 0.5) is 0 Å². The predicted molar refractivity (Wildman–Crippen MR) is 79.2 cm³/mol. The molecule has 0 spiro atoms. The first-order chi connectivity index (χ1) is 8.63. The molecule has 0 fully saturated rings. The third-order valence-electron chi connectivity index (χ3n) is 3.13. The zero-order chi connectivity index (χ0) is 13.0. The average Bonchev–Trinajstić information content (AvgIpc) is 3.03. The van der Waals surface area contributed by atoms with Gasteiger partial charge in [-0.1, -0.05) is 13.0 Å². The number of hydrogen-bond acceptors (Lipinski definition) is 4. The van der Waals surface area contributed by atoms with Crippen molar-refractivity contribution in [1.82, 2.24) is 5.32 Å². The van der Waals surface area contributed by atoms with Crippen LogP contribution in [-0.4, -0.2) is 11.7 Å². The summed E-state index contributed by atoms with van der Waals surface area (Å²) in [5.74, 6) is 0. The maximum absolute atomic E-state index is 10.5. The molecule has 0 amide bonds. The highest BCUT2D eigenvalue weighted by Crippen LogP contribution is 2.26. The van der Waals surface area contributed by atoms with Crippen LogP contribution in [-0.2, 0) is 5.60 Å². The third kappa shape index (κ3) is 3.20. The van der Waals surface area contributed by atoms with Gasteiger partial charge in [-0.25, -0.2) is 0 Å². The molecule has 0 aliphatic rings. The van der Waals surface area contributed by atoms with Gasteiger partial charge in [0.05, 0.1) is 0 Å². The second kappa shape index (κ2) is 5.97. The lowest BCUT2D eigenvalue weighted by Gasteiger charge is -2.26. The van der Waals surface area contributed by atoms with Gasteiger partial charge in [0.15, 0.2) is 0 Å². The van der Waals surface area contributed by atoms with Crippen LogP contribution in [0.2, 0.25) is 0 Å². The van der Waals surface area contributed by atoms with E-state index in [0.29, 0.717) is 12.6 Å². The molecule has 98 valence electrons. The minimum Gasteiger partial charge on any atom is -0.384 e. The van der Waals surface area contributed by atoms with Crippen molar-refractivity contribution in [2.75, 3.05) is 6.54 Å². The minimum atomic E-state index is -0.801. The van der Waals surface area contributed by atoms with Gasteiger partial charge in [-0.2, -0.15) is 11.3 Å². The SMILES string of the molecule is CCC(NCC(C)(O)c1ccsc1)c1cccs1. The molecule has 2 aromatic rings. The Morgan fingerprint density at radius 2 is 2.22 bits per heavy atom. The molecular weight excluding hydrogens is 262 g/mol. The van der Waals surface area contributed by atoms with E-state index < -0.39 is 5.60 Å². The standard InChI is InChI=1S/C14H19NOS2/c1-3-12(13-5-4-7-18-13)15-10-14(2,16)11-6-8-17-9-11/h4-9,12,15-16H,3,10H2,1-2H3. The van der Waals surface area contributed by atoms with Crippen molar-refractivity contribution in [1.29, 1.82) is 0 Å². The summed E-state index contributed by atoms with van der Waals surface area (Å²) in [6.45, 7) is 4.60. The zero-order valence-corrected chi connectivity index (χ0v) is 12.4. The Labute approximate surface area is 116 Å². The van der Waals surface area contributed by atoms with Crippen LogP contribution in [0.5, 0.6) is 0 Å². The Balaban J connectivity index is 1.98. The van der Waals surface area contributed by atoms with Crippen molar-refractivity contribution in [3.05, 3.63) is 44.8 Å². The lowest BCUT2D eigenvalue weighted by atomic mass is 9.98. The molecule has 2 N–H and O–H groups in total. The van der Waals surface area contributed by atoms with Crippen molar-refractivity contribution >= 4 is 22.7 Å². The molecule has 2 nitrogen and oxygen atoms in total. The summed E-state index contributed by atoms with van der Waals surface area (Å²) in [5, 5.41) is 20.0. The number of rotatable bonds is 6. The van der Waals surface area contributed by atoms with E-state index in [-0.39, 0.29) is 0 Å². The van der Waals surface area contributed by atoms with Gasteiger partial charge >= 0.3 is 0 Å². The van der Waals surface area contributed by atoms with Crippen molar-refractivity contribution in [3.63, 3.8) is 0 Å². The van der Waals surface area contributed by atoms with E-state index in [1.165, 1.54) is 4.88 Å². The smallest absolute Gasteiger partial charge is 0.100 e. The van der Waals surface area contributed by atoms with Crippen LogP contribution in [0, 0.1) is 0 Å². The summed E-state index contributed by atoms with van der Waals surface area (Å²) >= 11 is 3.38. The van der Waals surface area contributed by atoms with E-state index in [4.69, 9.17) is 0 Å². The number of aliphatic hydroxyl groups is 1. The molecule has 0 bridgehead atoms. The van der Waals surface area contributed by atoms with Crippen LogP contribution in [0.15, 0.2) is 34.3 Å². The third-order valence-corrected chi connectivity index (χ3v) is 4.80. The maximum atomic E-state index is 10.5. The van der Waals surface area contributed by atoms with Crippen LogP contribution in [0.25, 0.3) is 0 Å². The molecule has 4 heteroatoms. The molecule has 0 aromatic carbocycles. The van der Waals surface area contributed by atoms with Crippen molar-refractivity contribution < 1.29 is 5.11 Å². The summed E-state index contributed by atoms with van der Waals surface area (Å²) in [7, 11) is 0. The van der Waals surface area contributed by atoms with E-state index >= 15 is 0 Å². The van der Waals surface area contributed by atoms with Crippen molar-refractivity contribution in [2.24, 2.45) is 0 Å². The number of thiophene rings is 2. The molecule has 0 saturated carbocycles. The fourth-order valence-electron chi connectivity index (χ4n) is 1.93. The summed E-state index contributed by atoms with van der Waals surface area (Å²) in [5.41, 5.74) is 0.186. The lowest BCUT2D eigenvalue weighted by Crippen LogP contribution is -2.36. The summed E-state index contributed by atoms with van der Waals surface area (Å²) < 4.78 is 0. The van der Waals surface area contributed by atoms with Crippen molar-refractivity contribution in [2.45, 2.75) is 31.9 Å². The molecule has 2 aromatic heterocycles. The number of nitrogens with one attached hydrogen (secondary N) is 1. The first kappa shape index (κ1) is 13.7. The normalized spacial score (nSPS) is 16.4. The molecule has 0 aliphatic heterocycles. The predicted octanol–water partition coefficient (Wildman–Crippen LogP) is 3.76. The van der Waals surface area contributed by atoms with E-state index in [2.05, 4.69) is 29.8 Å². The zero-order valence-electron chi connectivity index (χ0n) is 10.7. The molecule has 18 heavy (non-hydrogen) atoms. The summed E-state index contributed by atoms with van der Waals surface area (Å²) in [6, 6.07) is 6.53. The van der Waals surface area contributed by atoms with E-state index in [0.717, 1.165) is 12.0 Å². The van der Waals surface area contributed by atoms with Gasteiger partial charge in [0.25, 0.3) is 0 Å². The second-order valence-electron chi connectivity index (χ2n) is 4.64. The Morgan fingerprint density at radius 3 is 2.78 bits per heavy atom. The Bertz CT molecular complexity index is 448. The van der Waals surface area contributed by atoms with E-state index in [1.807, 2.05) is 23.8 Å². The first-order valence-corrected chi connectivity index (χ1v) is 7.97. The minimum absolute atomic E-state index is 0.329. The molecule has 0 radical (unpaired) electrons.